The van der Waals surface area contributed by atoms with Crippen molar-refractivity contribution in [3.8, 4) is 12.3 Å². The van der Waals surface area contributed by atoms with Crippen LogP contribution in [0.4, 0.5) is 17.8 Å². The maximum atomic E-state index is 6.14. The van der Waals surface area contributed by atoms with E-state index in [1.165, 1.54) is 0 Å². The zero-order valence-corrected chi connectivity index (χ0v) is 15.8. The van der Waals surface area contributed by atoms with Gasteiger partial charge in [-0.25, -0.2) is 0 Å². The molecule has 3 rings (SSSR count). The zero-order valence-electron chi connectivity index (χ0n) is 15.8. The molecule has 2 aliphatic heterocycles. The molecule has 3 heterocycles. The monoisotopic (exact) mass is 374 g/mol. The third kappa shape index (κ3) is 4.75. The molecule has 0 aliphatic carbocycles. The number of nitrogens with two attached hydrogens (primary N) is 4. The number of piperidine rings is 2. The van der Waals surface area contributed by atoms with E-state index >= 15 is 0 Å². The van der Waals surface area contributed by atoms with Crippen molar-refractivity contribution in [3.05, 3.63) is 0 Å². The first-order chi connectivity index (χ1) is 12.9. The van der Waals surface area contributed by atoms with Crippen LogP contribution in [0.25, 0.3) is 0 Å². The fraction of sp³-hybridized carbons (Fsp3) is 0.706. The Balaban J connectivity index is 1.95. The molecule has 0 amide bonds. The zero-order chi connectivity index (χ0) is 19.6. The molecule has 2 aliphatic rings. The Bertz CT molecular complexity index is 625. The lowest BCUT2D eigenvalue weighted by atomic mass is 10.0. The summed E-state index contributed by atoms with van der Waals surface area (Å²) in [4.78, 5) is 19.8. The Morgan fingerprint density at radius 2 is 1.30 bits per heavy atom. The Labute approximate surface area is 160 Å². The number of aromatic nitrogens is 3. The van der Waals surface area contributed by atoms with Crippen molar-refractivity contribution in [1.82, 2.24) is 15.0 Å². The standard InChI is InChI=1S/C17H30N10/c1-3-4-25(2)15-22-16(26-7-11(18)5-12(19)8-26)24-17(23-15)27-9-13(20)6-14(21)10-27/h1,11-14H,4-10,18-21H2,2H3/t11-,12+,13-,14+. The normalized spacial score (nSPS) is 28.7. The molecular weight excluding hydrogens is 344 g/mol. The number of rotatable bonds is 4. The van der Waals surface area contributed by atoms with Crippen molar-refractivity contribution in [2.45, 2.75) is 37.0 Å². The van der Waals surface area contributed by atoms with Gasteiger partial charge in [-0.2, -0.15) is 15.0 Å². The van der Waals surface area contributed by atoms with E-state index in [0.717, 1.165) is 12.8 Å². The molecule has 4 atom stereocenters. The number of anilines is 3. The van der Waals surface area contributed by atoms with Crippen LogP contribution < -0.4 is 37.6 Å². The summed E-state index contributed by atoms with van der Waals surface area (Å²) in [7, 11) is 1.85. The van der Waals surface area contributed by atoms with Gasteiger partial charge in [-0.3, -0.25) is 0 Å². The van der Waals surface area contributed by atoms with Crippen molar-refractivity contribution in [2.24, 2.45) is 22.9 Å². The van der Waals surface area contributed by atoms with E-state index in [9.17, 15) is 0 Å². The van der Waals surface area contributed by atoms with E-state index in [-0.39, 0.29) is 24.2 Å². The lowest BCUT2D eigenvalue weighted by Crippen LogP contribution is -2.54. The first-order valence-corrected chi connectivity index (χ1v) is 9.28. The molecule has 148 valence electrons. The topological polar surface area (TPSA) is 152 Å². The molecular formula is C17H30N10. The highest BCUT2D eigenvalue weighted by atomic mass is 15.4. The van der Waals surface area contributed by atoms with Gasteiger partial charge in [-0.05, 0) is 12.8 Å². The SMILES string of the molecule is C#CCN(C)c1nc(N2C[C@H](N)C[C@H](N)C2)nc(N2C[C@H](N)C[C@H](N)C2)n1. The first-order valence-electron chi connectivity index (χ1n) is 9.28. The summed E-state index contributed by atoms with van der Waals surface area (Å²) in [6.45, 7) is 2.98. The van der Waals surface area contributed by atoms with Gasteiger partial charge in [0.2, 0.25) is 17.8 Å². The van der Waals surface area contributed by atoms with E-state index in [1.54, 1.807) is 0 Å². The summed E-state index contributed by atoms with van der Waals surface area (Å²) in [5, 5.41) is 0. The quantitative estimate of drug-likeness (QED) is 0.422. The van der Waals surface area contributed by atoms with Crippen LogP contribution >= 0.6 is 0 Å². The van der Waals surface area contributed by atoms with Crippen molar-refractivity contribution in [3.63, 3.8) is 0 Å². The van der Waals surface area contributed by atoms with Crippen LogP contribution in [0.2, 0.25) is 0 Å². The van der Waals surface area contributed by atoms with Gasteiger partial charge in [-0.1, -0.05) is 5.92 Å². The van der Waals surface area contributed by atoms with Gasteiger partial charge < -0.3 is 37.6 Å². The van der Waals surface area contributed by atoms with Gasteiger partial charge in [0.05, 0.1) is 6.54 Å². The van der Waals surface area contributed by atoms with Crippen LogP contribution in [-0.4, -0.2) is 78.9 Å². The fourth-order valence-electron chi connectivity index (χ4n) is 3.69. The smallest absolute Gasteiger partial charge is 0.232 e. The van der Waals surface area contributed by atoms with Crippen molar-refractivity contribution < 1.29 is 0 Å². The van der Waals surface area contributed by atoms with Crippen molar-refractivity contribution in [1.29, 1.82) is 0 Å². The summed E-state index contributed by atoms with van der Waals surface area (Å²) >= 11 is 0. The van der Waals surface area contributed by atoms with E-state index in [4.69, 9.17) is 34.3 Å². The summed E-state index contributed by atoms with van der Waals surface area (Å²) in [5.41, 5.74) is 24.6. The predicted octanol–water partition coefficient (Wildman–Crippen LogP) is -2.33. The molecule has 10 nitrogen and oxygen atoms in total. The Morgan fingerprint density at radius 3 is 1.67 bits per heavy atom. The molecule has 2 saturated heterocycles. The number of hydrogen-bond acceptors (Lipinski definition) is 10. The maximum absolute atomic E-state index is 6.14. The number of hydrogen-bond donors (Lipinski definition) is 4. The summed E-state index contributed by atoms with van der Waals surface area (Å²) < 4.78 is 0. The summed E-state index contributed by atoms with van der Waals surface area (Å²) in [6.07, 6.45) is 7.02. The molecule has 1 aromatic rings. The Morgan fingerprint density at radius 1 is 0.889 bits per heavy atom. The van der Waals surface area contributed by atoms with Gasteiger partial charge in [0.25, 0.3) is 0 Å². The van der Waals surface area contributed by atoms with Gasteiger partial charge in [0, 0.05) is 57.4 Å². The van der Waals surface area contributed by atoms with Crippen molar-refractivity contribution in [2.75, 3.05) is 54.5 Å². The van der Waals surface area contributed by atoms with Crippen LogP contribution in [0, 0.1) is 12.3 Å². The van der Waals surface area contributed by atoms with Crippen LogP contribution in [0.1, 0.15) is 12.8 Å². The first kappa shape index (κ1) is 19.6. The lowest BCUT2D eigenvalue weighted by molar-refractivity contribution is 0.441. The molecule has 2 fully saturated rings. The molecule has 27 heavy (non-hydrogen) atoms. The average Bonchev–Trinajstić information content (AvgIpc) is 2.60. The third-order valence-corrected chi connectivity index (χ3v) is 4.87. The average molecular weight is 374 g/mol. The summed E-state index contributed by atoms with van der Waals surface area (Å²) in [6, 6.07) is -0.0641. The van der Waals surface area contributed by atoms with Gasteiger partial charge >= 0.3 is 0 Å². The highest BCUT2D eigenvalue weighted by molar-refractivity contribution is 5.48. The lowest BCUT2D eigenvalue weighted by Gasteiger charge is -2.37. The fourth-order valence-corrected chi connectivity index (χ4v) is 3.69. The second-order valence-electron chi connectivity index (χ2n) is 7.62. The Hall–Kier alpha value is -2.19. The highest BCUT2D eigenvalue weighted by Crippen LogP contribution is 2.23. The van der Waals surface area contributed by atoms with E-state index < -0.39 is 0 Å². The molecule has 0 unspecified atom stereocenters. The molecule has 10 heteroatoms. The molecule has 8 N–H and O–H groups in total. The van der Waals surface area contributed by atoms with E-state index in [0.29, 0.717) is 50.6 Å². The van der Waals surface area contributed by atoms with Gasteiger partial charge in [0.1, 0.15) is 0 Å². The minimum Gasteiger partial charge on any atom is -0.338 e. The third-order valence-electron chi connectivity index (χ3n) is 4.87. The molecule has 0 bridgehead atoms. The molecule has 1 aromatic heterocycles. The van der Waals surface area contributed by atoms with Crippen LogP contribution in [0.5, 0.6) is 0 Å². The predicted molar refractivity (Wildman–Crippen MR) is 107 cm³/mol. The van der Waals surface area contributed by atoms with Crippen molar-refractivity contribution >= 4 is 17.8 Å². The number of terminal acetylenes is 1. The van der Waals surface area contributed by atoms with E-state index in [1.807, 2.05) is 21.7 Å². The molecule has 0 spiro atoms. The minimum atomic E-state index is -0.0160. The molecule has 0 radical (unpaired) electrons. The van der Waals surface area contributed by atoms with E-state index in [2.05, 4.69) is 15.9 Å². The maximum Gasteiger partial charge on any atom is 0.232 e. The minimum absolute atomic E-state index is 0.0160. The summed E-state index contributed by atoms with van der Waals surface area (Å²) in [5.74, 6) is 4.22. The highest BCUT2D eigenvalue weighted by Gasteiger charge is 2.29. The second kappa shape index (κ2) is 8.22. The largest absolute Gasteiger partial charge is 0.338 e. The second-order valence-corrected chi connectivity index (χ2v) is 7.62. The van der Waals surface area contributed by atoms with Crippen LogP contribution in [-0.2, 0) is 0 Å². The van der Waals surface area contributed by atoms with Gasteiger partial charge in [0.15, 0.2) is 0 Å². The van der Waals surface area contributed by atoms with Gasteiger partial charge in [-0.15, -0.1) is 6.42 Å². The molecule has 0 aromatic carbocycles. The number of nitrogens with zero attached hydrogens (tertiary/aromatic N) is 6. The Kier molecular flexibility index (Phi) is 5.96. The van der Waals surface area contributed by atoms with Crippen LogP contribution in [0.3, 0.4) is 0 Å². The molecule has 0 saturated carbocycles. The van der Waals surface area contributed by atoms with Crippen LogP contribution in [0.15, 0.2) is 0 Å².